The molecule has 4 N–H and O–H groups in total. The summed E-state index contributed by atoms with van der Waals surface area (Å²) in [4.78, 5) is 35.8. The van der Waals surface area contributed by atoms with Gasteiger partial charge in [-0.05, 0) is 61.2 Å². The highest BCUT2D eigenvalue weighted by molar-refractivity contribution is 7.09. The molecule has 6 unspecified atom stereocenters. The molecular weight excluding hydrogens is 881 g/mol. The first-order valence-electron chi connectivity index (χ1n) is 21.1. The van der Waals surface area contributed by atoms with Crippen LogP contribution in [0, 0.1) is 6.92 Å². The molecule has 0 aliphatic rings. The zero-order valence-electron chi connectivity index (χ0n) is 36.6. The standard InChI is InChI=1S/C50H51F6N5O4S/c1-33-32-66-42(59-33)31-60(4)45(64)38-22-17-23-39(28-38)46(65)61(43(34(2)62)47(49(51,52)53,40-24-13-7-14-25-40)57-29-36-18-9-5-10-19-36)44(35(3)63)48(50(54,55)56,41-26-15-8-16-27-41)58-30-37-20-11-6-12-21-37/h5-28,32,34-35,43-44,57-58,62-63H,29-31H2,1-4H3. The summed E-state index contributed by atoms with van der Waals surface area (Å²) >= 11 is 1.31. The Morgan fingerprint density at radius 1 is 0.621 bits per heavy atom. The van der Waals surface area contributed by atoms with E-state index in [1.54, 1.807) is 73.0 Å². The second-order valence-corrected chi connectivity index (χ2v) is 17.2. The Hall–Kier alpha value is -5.91. The Balaban J connectivity index is 1.68. The number of aliphatic hydroxyl groups excluding tert-OH is 2. The third-order valence-electron chi connectivity index (χ3n) is 11.6. The summed E-state index contributed by atoms with van der Waals surface area (Å²) in [5.74, 6) is -2.07. The monoisotopic (exact) mass is 931 g/mol. The molecule has 9 nitrogen and oxygen atoms in total. The van der Waals surface area contributed by atoms with Gasteiger partial charge in [0, 0.05) is 42.3 Å². The van der Waals surface area contributed by atoms with E-state index >= 15 is 31.1 Å². The SMILES string of the molecule is Cc1csc(CN(C)C(=O)c2cccc(C(=O)N(C(C(C)O)C(NCc3ccccc3)(c3ccccc3)C(F)(F)F)C(C(C)O)C(NCc3ccccc3)(c3ccccc3)C(F)(F)F)c2)n1. The second-order valence-electron chi connectivity index (χ2n) is 16.2. The van der Waals surface area contributed by atoms with Gasteiger partial charge in [-0.25, -0.2) is 4.98 Å². The van der Waals surface area contributed by atoms with Gasteiger partial charge in [-0.15, -0.1) is 11.3 Å². The number of nitrogens with one attached hydrogen (secondary N) is 2. The smallest absolute Gasteiger partial charge is 0.391 e. The van der Waals surface area contributed by atoms with Gasteiger partial charge in [-0.2, -0.15) is 26.3 Å². The number of aromatic nitrogens is 1. The minimum absolute atomic E-state index is 0.0619. The van der Waals surface area contributed by atoms with Crippen molar-refractivity contribution >= 4 is 23.2 Å². The van der Waals surface area contributed by atoms with Gasteiger partial charge in [0.05, 0.1) is 30.8 Å². The zero-order chi connectivity index (χ0) is 47.9. The predicted molar refractivity (Wildman–Crippen MR) is 241 cm³/mol. The molecule has 6 aromatic rings. The first-order chi connectivity index (χ1) is 31.3. The van der Waals surface area contributed by atoms with Gasteiger partial charge in [-0.3, -0.25) is 20.2 Å². The minimum atomic E-state index is -5.48. The highest BCUT2D eigenvalue weighted by Crippen LogP contribution is 2.51. The molecule has 2 amide bonds. The van der Waals surface area contributed by atoms with Crippen LogP contribution in [-0.4, -0.2) is 80.5 Å². The van der Waals surface area contributed by atoms with Crippen molar-refractivity contribution in [3.8, 4) is 0 Å². The lowest BCUT2D eigenvalue weighted by Gasteiger charge is -2.56. The molecule has 66 heavy (non-hydrogen) atoms. The second kappa shape index (κ2) is 20.7. The Morgan fingerprint density at radius 2 is 1.02 bits per heavy atom. The van der Waals surface area contributed by atoms with Crippen molar-refractivity contribution in [2.45, 2.75) is 88.1 Å². The number of benzene rings is 5. The van der Waals surface area contributed by atoms with E-state index in [2.05, 4.69) is 15.6 Å². The van der Waals surface area contributed by atoms with E-state index in [0.717, 1.165) is 49.9 Å². The van der Waals surface area contributed by atoms with E-state index in [1.165, 1.54) is 77.9 Å². The number of carbonyl (C=O) groups excluding carboxylic acids is 2. The zero-order valence-corrected chi connectivity index (χ0v) is 37.4. The number of thiazole rings is 1. The number of aryl methyl sites for hydroxylation is 1. The van der Waals surface area contributed by atoms with E-state index in [1.807, 2.05) is 0 Å². The number of hydrogen-bond donors (Lipinski definition) is 4. The van der Waals surface area contributed by atoms with Gasteiger partial charge in [0.25, 0.3) is 11.8 Å². The summed E-state index contributed by atoms with van der Waals surface area (Å²) in [5, 5.41) is 31.8. The van der Waals surface area contributed by atoms with E-state index in [-0.39, 0.29) is 12.1 Å². The first-order valence-corrected chi connectivity index (χ1v) is 22.0. The van der Waals surface area contributed by atoms with Crippen LogP contribution in [0.25, 0.3) is 0 Å². The van der Waals surface area contributed by atoms with Crippen molar-refractivity contribution in [3.05, 3.63) is 195 Å². The van der Waals surface area contributed by atoms with E-state index < -0.39 is 89.3 Å². The molecule has 16 heteroatoms. The quantitative estimate of drug-likeness (QED) is 0.0636. The molecule has 1 aromatic heterocycles. The fourth-order valence-electron chi connectivity index (χ4n) is 8.63. The molecule has 6 rings (SSSR count). The number of hydrogen-bond acceptors (Lipinski definition) is 8. The Labute approximate surface area is 383 Å². The lowest BCUT2D eigenvalue weighted by Crippen LogP contribution is -2.77. The van der Waals surface area contributed by atoms with Gasteiger partial charge in [-0.1, -0.05) is 127 Å². The van der Waals surface area contributed by atoms with Crippen LogP contribution >= 0.6 is 11.3 Å². The van der Waals surface area contributed by atoms with E-state index in [0.29, 0.717) is 21.0 Å². The minimum Gasteiger partial charge on any atom is -0.391 e. The molecule has 0 saturated carbocycles. The first kappa shape index (κ1) is 49.5. The molecule has 5 aromatic carbocycles. The molecule has 1 heterocycles. The maximum absolute atomic E-state index is 16.9. The fourth-order valence-corrected chi connectivity index (χ4v) is 9.45. The Kier molecular flexibility index (Phi) is 15.5. The number of halogens is 6. The summed E-state index contributed by atoms with van der Waals surface area (Å²) in [6, 6.07) is 28.0. The molecule has 0 radical (unpaired) electrons. The molecule has 0 bridgehead atoms. The van der Waals surface area contributed by atoms with Crippen LogP contribution in [0.15, 0.2) is 151 Å². The lowest BCUT2D eigenvalue weighted by molar-refractivity contribution is -0.253. The Morgan fingerprint density at radius 3 is 1.38 bits per heavy atom. The van der Waals surface area contributed by atoms with Crippen molar-refractivity contribution in [3.63, 3.8) is 0 Å². The van der Waals surface area contributed by atoms with Crippen molar-refractivity contribution in [2.24, 2.45) is 0 Å². The molecule has 0 aliphatic heterocycles. The van der Waals surface area contributed by atoms with Crippen LogP contribution in [0.5, 0.6) is 0 Å². The maximum Gasteiger partial charge on any atom is 0.412 e. The van der Waals surface area contributed by atoms with Crippen molar-refractivity contribution < 1.29 is 46.1 Å². The van der Waals surface area contributed by atoms with E-state index in [9.17, 15) is 15.0 Å². The molecular formula is C50H51F6N5O4S. The molecule has 0 fully saturated rings. The summed E-state index contributed by atoms with van der Waals surface area (Å²) in [5.41, 5.74) is -7.36. The maximum atomic E-state index is 16.9. The molecule has 0 spiro atoms. The van der Waals surface area contributed by atoms with Gasteiger partial charge in [0.1, 0.15) is 5.01 Å². The summed E-state index contributed by atoms with van der Waals surface area (Å²) in [6.07, 6.45) is -15.5. The fraction of sp³-hybridized carbons (Fsp3) is 0.300. The van der Waals surface area contributed by atoms with Gasteiger partial charge < -0.3 is 20.0 Å². The Bertz CT molecular complexity index is 2390. The van der Waals surface area contributed by atoms with E-state index in [4.69, 9.17) is 0 Å². The van der Waals surface area contributed by atoms with Crippen molar-refractivity contribution in [1.29, 1.82) is 0 Å². The molecule has 348 valence electrons. The highest BCUT2D eigenvalue weighted by atomic mass is 32.1. The largest absolute Gasteiger partial charge is 0.412 e. The average molecular weight is 932 g/mol. The average Bonchev–Trinajstić information content (AvgIpc) is 3.71. The third-order valence-corrected chi connectivity index (χ3v) is 12.5. The molecule has 0 aliphatic carbocycles. The lowest BCUT2D eigenvalue weighted by atomic mass is 9.73. The van der Waals surface area contributed by atoms with Crippen LogP contribution in [0.1, 0.15) is 67.5 Å². The van der Waals surface area contributed by atoms with Crippen LogP contribution in [0.4, 0.5) is 26.3 Å². The predicted octanol–water partition coefficient (Wildman–Crippen LogP) is 9.16. The van der Waals surface area contributed by atoms with Crippen molar-refractivity contribution in [1.82, 2.24) is 25.4 Å². The number of nitrogens with zero attached hydrogens (tertiary/aromatic N) is 3. The summed E-state index contributed by atoms with van der Waals surface area (Å²) in [7, 11) is 1.48. The van der Waals surface area contributed by atoms with Crippen molar-refractivity contribution in [2.75, 3.05) is 7.05 Å². The third kappa shape index (κ3) is 10.4. The summed E-state index contributed by atoms with van der Waals surface area (Å²) < 4.78 is 101. The van der Waals surface area contributed by atoms with Gasteiger partial charge in [0.2, 0.25) is 0 Å². The van der Waals surface area contributed by atoms with Gasteiger partial charge in [0.15, 0.2) is 11.1 Å². The topological polar surface area (TPSA) is 118 Å². The number of carbonyl (C=O) groups is 2. The van der Waals surface area contributed by atoms with Crippen LogP contribution in [0.3, 0.4) is 0 Å². The van der Waals surface area contributed by atoms with Gasteiger partial charge >= 0.3 is 12.4 Å². The normalized spacial score (nSPS) is 15.7. The number of amides is 2. The number of alkyl halides is 6. The molecule has 0 saturated heterocycles. The summed E-state index contributed by atoms with van der Waals surface area (Å²) in [6.45, 7) is 2.69. The van der Waals surface area contributed by atoms with Crippen LogP contribution in [-0.2, 0) is 30.7 Å². The molecule has 6 atom stereocenters. The van der Waals surface area contributed by atoms with Crippen LogP contribution in [0.2, 0.25) is 0 Å². The van der Waals surface area contributed by atoms with Crippen LogP contribution < -0.4 is 10.6 Å². The highest BCUT2D eigenvalue weighted by Gasteiger charge is 2.69. The number of aliphatic hydroxyl groups is 2. The number of rotatable bonds is 18.